The Morgan fingerprint density at radius 2 is 1.90 bits per heavy atom. The number of pyridine rings is 1. The minimum absolute atomic E-state index is 0.0958. The molecule has 1 atom stereocenters. The molecule has 4 aromatic rings. The average Bonchev–Trinajstić information content (AvgIpc) is 3.25. The summed E-state index contributed by atoms with van der Waals surface area (Å²) < 4.78 is 15.2. The third kappa shape index (κ3) is 3.52. The van der Waals surface area contributed by atoms with Gasteiger partial charge in [-0.3, -0.25) is 24.0 Å². The molecule has 0 spiro atoms. The number of anilines is 2. The summed E-state index contributed by atoms with van der Waals surface area (Å²) in [6.45, 7) is 0.255. The fourth-order valence-electron chi connectivity index (χ4n) is 3.85. The van der Waals surface area contributed by atoms with Crippen molar-refractivity contribution < 1.29 is 14.0 Å². The van der Waals surface area contributed by atoms with Gasteiger partial charge in [0, 0.05) is 11.9 Å². The number of amides is 2. The van der Waals surface area contributed by atoms with Gasteiger partial charge in [-0.25, -0.2) is 9.37 Å². The number of fused-ring (bicyclic) bond motifs is 3. The first kappa shape index (κ1) is 18.9. The maximum Gasteiger partial charge on any atom is 0.253 e. The highest BCUT2D eigenvalue weighted by molar-refractivity contribution is 6.05. The number of nitrogens with zero attached hydrogens (tertiary/aromatic N) is 4. The van der Waals surface area contributed by atoms with Crippen molar-refractivity contribution in [3.05, 3.63) is 84.4 Å². The average molecular weight is 415 g/mol. The van der Waals surface area contributed by atoms with E-state index in [1.807, 2.05) is 42.5 Å². The number of hydrogen-bond donors (Lipinski definition) is 1. The van der Waals surface area contributed by atoms with Gasteiger partial charge in [0.25, 0.3) is 5.91 Å². The largest absolute Gasteiger partial charge is 0.326 e. The number of hydrogen-bond acceptors (Lipinski definition) is 4. The Balaban J connectivity index is 1.47. The number of nitrogens with one attached hydrogen (secondary N) is 1. The molecule has 7 nitrogen and oxygen atoms in total. The van der Waals surface area contributed by atoms with Gasteiger partial charge in [0.05, 0.1) is 29.7 Å². The molecule has 1 N–H and O–H groups in total. The number of imidazole rings is 1. The first-order chi connectivity index (χ1) is 15.1. The molecular formula is C23H18FN5O2. The monoisotopic (exact) mass is 415 g/mol. The molecule has 0 fully saturated rings. The van der Waals surface area contributed by atoms with E-state index in [1.165, 1.54) is 18.2 Å². The number of benzene rings is 2. The van der Waals surface area contributed by atoms with Crippen LogP contribution in [-0.4, -0.2) is 26.3 Å². The molecular weight excluding hydrogens is 397 g/mol. The van der Waals surface area contributed by atoms with E-state index in [0.29, 0.717) is 11.6 Å². The molecule has 0 saturated heterocycles. The summed E-state index contributed by atoms with van der Waals surface area (Å²) in [6, 6.07) is 17.9. The highest BCUT2D eigenvalue weighted by atomic mass is 19.1. The Kier molecular flexibility index (Phi) is 4.66. The minimum atomic E-state index is -0.750. The van der Waals surface area contributed by atoms with E-state index in [-0.39, 0.29) is 24.8 Å². The van der Waals surface area contributed by atoms with E-state index < -0.39 is 11.9 Å². The lowest BCUT2D eigenvalue weighted by Crippen LogP contribution is -2.31. The highest BCUT2D eigenvalue weighted by Crippen LogP contribution is 2.37. The molecule has 0 bridgehead atoms. The smallest absolute Gasteiger partial charge is 0.253 e. The quantitative estimate of drug-likeness (QED) is 0.539. The molecule has 5 rings (SSSR count). The van der Waals surface area contributed by atoms with E-state index in [1.54, 1.807) is 21.7 Å². The number of halogens is 1. The SMILES string of the molecule is O=C(C[C@H]1C(=O)N(Cc2ccccn2)c2nc3ccccc3n21)Nc1cccc(F)c1. The van der Waals surface area contributed by atoms with Crippen LogP contribution in [0.4, 0.5) is 16.0 Å². The Morgan fingerprint density at radius 3 is 2.71 bits per heavy atom. The molecule has 1 aliphatic rings. The van der Waals surface area contributed by atoms with Gasteiger partial charge < -0.3 is 5.32 Å². The Labute approximate surface area is 177 Å². The molecule has 0 radical (unpaired) electrons. The van der Waals surface area contributed by atoms with Crippen molar-refractivity contribution in [1.82, 2.24) is 14.5 Å². The van der Waals surface area contributed by atoms with Gasteiger partial charge in [0.2, 0.25) is 11.9 Å². The van der Waals surface area contributed by atoms with Crippen molar-refractivity contribution in [2.75, 3.05) is 10.2 Å². The molecule has 0 unspecified atom stereocenters. The molecule has 0 aliphatic carbocycles. The zero-order valence-electron chi connectivity index (χ0n) is 16.4. The number of aromatic nitrogens is 3. The second kappa shape index (κ2) is 7.64. The third-order valence-corrected chi connectivity index (χ3v) is 5.21. The van der Waals surface area contributed by atoms with Crippen LogP contribution < -0.4 is 10.2 Å². The summed E-state index contributed by atoms with van der Waals surface area (Å²) in [6.07, 6.45) is 1.57. The van der Waals surface area contributed by atoms with Crippen molar-refractivity contribution in [2.24, 2.45) is 0 Å². The lowest BCUT2D eigenvalue weighted by Gasteiger charge is -2.15. The molecule has 3 heterocycles. The summed E-state index contributed by atoms with van der Waals surface area (Å²) in [5, 5.41) is 2.67. The van der Waals surface area contributed by atoms with Crippen molar-refractivity contribution in [3.63, 3.8) is 0 Å². The van der Waals surface area contributed by atoms with Gasteiger partial charge in [0.1, 0.15) is 11.9 Å². The fraction of sp³-hybridized carbons (Fsp3) is 0.130. The Hall–Kier alpha value is -4.07. The standard InChI is InChI=1S/C23H18FN5O2/c24-15-6-5-8-16(12-15)26-21(30)13-20-22(31)28(14-17-7-3-4-11-25-17)23-27-18-9-1-2-10-19(18)29(20)23/h1-12,20H,13-14H2,(H,26,30)/t20-/m0/s1. The van der Waals surface area contributed by atoms with E-state index in [9.17, 15) is 14.0 Å². The zero-order valence-corrected chi connectivity index (χ0v) is 16.4. The maximum atomic E-state index is 13.4. The number of rotatable bonds is 5. The van der Waals surface area contributed by atoms with Crippen LogP contribution in [0.15, 0.2) is 72.9 Å². The van der Waals surface area contributed by atoms with Gasteiger partial charge in [-0.2, -0.15) is 0 Å². The van der Waals surface area contributed by atoms with E-state index in [4.69, 9.17) is 0 Å². The molecule has 154 valence electrons. The topological polar surface area (TPSA) is 80.1 Å². The van der Waals surface area contributed by atoms with Crippen LogP contribution in [0.3, 0.4) is 0 Å². The van der Waals surface area contributed by atoms with Crippen molar-refractivity contribution in [2.45, 2.75) is 19.0 Å². The first-order valence-corrected chi connectivity index (χ1v) is 9.84. The third-order valence-electron chi connectivity index (χ3n) is 5.21. The molecule has 2 amide bonds. The predicted octanol–water partition coefficient (Wildman–Crippen LogP) is 3.69. The predicted molar refractivity (Wildman–Crippen MR) is 114 cm³/mol. The normalized spacial score (nSPS) is 15.3. The zero-order chi connectivity index (χ0) is 21.4. The van der Waals surface area contributed by atoms with Gasteiger partial charge in [0.15, 0.2) is 0 Å². The van der Waals surface area contributed by atoms with Crippen LogP contribution in [0.1, 0.15) is 18.2 Å². The molecule has 2 aromatic heterocycles. The lowest BCUT2D eigenvalue weighted by molar-refractivity contribution is -0.124. The van der Waals surface area contributed by atoms with Gasteiger partial charge in [-0.1, -0.05) is 24.3 Å². The fourth-order valence-corrected chi connectivity index (χ4v) is 3.85. The van der Waals surface area contributed by atoms with E-state index in [0.717, 1.165) is 16.7 Å². The van der Waals surface area contributed by atoms with E-state index in [2.05, 4.69) is 15.3 Å². The number of para-hydroxylation sites is 2. The van der Waals surface area contributed by atoms with Gasteiger partial charge >= 0.3 is 0 Å². The molecule has 31 heavy (non-hydrogen) atoms. The second-order valence-electron chi connectivity index (χ2n) is 7.29. The van der Waals surface area contributed by atoms with Crippen LogP contribution in [0.25, 0.3) is 11.0 Å². The first-order valence-electron chi connectivity index (χ1n) is 9.84. The summed E-state index contributed by atoms with van der Waals surface area (Å²) in [4.78, 5) is 36.5. The minimum Gasteiger partial charge on any atom is -0.326 e. The lowest BCUT2D eigenvalue weighted by atomic mass is 10.1. The van der Waals surface area contributed by atoms with Crippen LogP contribution in [-0.2, 0) is 16.1 Å². The molecule has 1 aliphatic heterocycles. The maximum absolute atomic E-state index is 13.4. The van der Waals surface area contributed by atoms with Crippen molar-refractivity contribution in [3.8, 4) is 0 Å². The second-order valence-corrected chi connectivity index (χ2v) is 7.29. The van der Waals surface area contributed by atoms with Crippen LogP contribution >= 0.6 is 0 Å². The summed E-state index contributed by atoms with van der Waals surface area (Å²) in [7, 11) is 0. The van der Waals surface area contributed by atoms with Gasteiger partial charge in [-0.15, -0.1) is 0 Å². The molecule has 0 saturated carbocycles. The van der Waals surface area contributed by atoms with Crippen LogP contribution in [0.2, 0.25) is 0 Å². The van der Waals surface area contributed by atoms with Crippen molar-refractivity contribution >= 4 is 34.5 Å². The number of carbonyl (C=O) groups excluding carboxylic acids is 2. The highest BCUT2D eigenvalue weighted by Gasteiger charge is 2.41. The Morgan fingerprint density at radius 1 is 1.06 bits per heavy atom. The van der Waals surface area contributed by atoms with Gasteiger partial charge in [-0.05, 0) is 42.5 Å². The molecule has 2 aromatic carbocycles. The summed E-state index contributed by atoms with van der Waals surface area (Å²) in [5.74, 6) is -0.569. The molecule has 8 heteroatoms. The van der Waals surface area contributed by atoms with Crippen molar-refractivity contribution in [1.29, 1.82) is 0 Å². The van der Waals surface area contributed by atoms with Crippen LogP contribution in [0, 0.1) is 5.82 Å². The number of carbonyl (C=O) groups is 2. The van der Waals surface area contributed by atoms with E-state index >= 15 is 0 Å². The summed E-state index contributed by atoms with van der Waals surface area (Å²) in [5.41, 5.74) is 2.58. The Bertz CT molecular complexity index is 1290. The summed E-state index contributed by atoms with van der Waals surface area (Å²) >= 11 is 0. The van der Waals surface area contributed by atoms with Crippen LogP contribution in [0.5, 0.6) is 0 Å².